The zero-order valence-electron chi connectivity index (χ0n) is 8.24. The third-order valence-electron chi connectivity index (χ3n) is 3.38. The van der Waals surface area contributed by atoms with Gasteiger partial charge in [-0.1, -0.05) is 0 Å². The van der Waals surface area contributed by atoms with E-state index in [0.717, 1.165) is 25.0 Å². The van der Waals surface area contributed by atoms with Crippen molar-refractivity contribution in [3.8, 4) is 0 Å². The van der Waals surface area contributed by atoms with E-state index in [-0.39, 0.29) is 0 Å². The molecule has 2 aliphatic heterocycles. The van der Waals surface area contributed by atoms with Gasteiger partial charge in [-0.25, -0.2) is 4.98 Å². The van der Waals surface area contributed by atoms with Crippen LogP contribution in [0.3, 0.4) is 0 Å². The Morgan fingerprint density at radius 1 is 1.43 bits per heavy atom. The molecule has 0 saturated carbocycles. The number of anilines is 1. The van der Waals surface area contributed by atoms with Crippen molar-refractivity contribution in [3.63, 3.8) is 0 Å². The van der Waals surface area contributed by atoms with Gasteiger partial charge in [-0.3, -0.25) is 0 Å². The van der Waals surface area contributed by atoms with Crippen molar-refractivity contribution in [2.24, 2.45) is 5.92 Å². The van der Waals surface area contributed by atoms with Gasteiger partial charge in [0.1, 0.15) is 0 Å². The zero-order valence-corrected chi connectivity index (χ0v) is 8.24. The maximum absolute atomic E-state index is 4.30. The molecule has 1 aromatic rings. The smallest absolute Gasteiger partial charge is 0.202 e. The monoisotopic (exact) mass is 192 g/mol. The maximum atomic E-state index is 4.30. The molecule has 2 atom stereocenters. The van der Waals surface area contributed by atoms with Gasteiger partial charge >= 0.3 is 0 Å². The Kier molecular flexibility index (Phi) is 1.94. The standard InChI is InChI=1S/C10H16N4/c1-2-8-6-14(7-9(8)11-3-1)10-12-4-5-13-10/h4-5,8-9,11H,1-3,6-7H2,(H,12,13)/t8-,9+/m0/s1. The second-order valence-corrected chi connectivity index (χ2v) is 4.28. The van der Waals surface area contributed by atoms with Gasteiger partial charge in [0, 0.05) is 31.5 Å². The molecule has 4 heteroatoms. The molecule has 0 aliphatic carbocycles. The van der Waals surface area contributed by atoms with Gasteiger partial charge in [0.05, 0.1) is 0 Å². The van der Waals surface area contributed by atoms with Crippen molar-refractivity contribution >= 4 is 5.95 Å². The van der Waals surface area contributed by atoms with E-state index in [4.69, 9.17) is 0 Å². The van der Waals surface area contributed by atoms with Gasteiger partial charge in [0.2, 0.25) is 5.95 Å². The van der Waals surface area contributed by atoms with Crippen LogP contribution in [0.5, 0.6) is 0 Å². The number of nitrogens with one attached hydrogen (secondary N) is 2. The molecule has 2 N–H and O–H groups in total. The van der Waals surface area contributed by atoms with E-state index in [1.54, 1.807) is 0 Å². The van der Waals surface area contributed by atoms with Crippen LogP contribution in [0.4, 0.5) is 5.95 Å². The van der Waals surface area contributed by atoms with Crippen LogP contribution >= 0.6 is 0 Å². The summed E-state index contributed by atoms with van der Waals surface area (Å²) in [5.41, 5.74) is 0. The molecule has 3 rings (SSSR count). The average Bonchev–Trinajstić information content (AvgIpc) is 2.86. The molecule has 2 saturated heterocycles. The van der Waals surface area contributed by atoms with Gasteiger partial charge in [0.15, 0.2) is 0 Å². The Labute approximate surface area is 83.7 Å². The van der Waals surface area contributed by atoms with Gasteiger partial charge in [0.25, 0.3) is 0 Å². The van der Waals surface area contributed by atoms with Crippen molar-refractivity contribution < 1.29 is 0 Å². The van der Waals surface area contributed by atoms with E-state index in [1.807, 2.05) is 12.4 Å². The summed E-state index contributed by atoms with van der Waals surface area (Å²) in [6.45, 7) is 3.45. The third-order valence-corrected chi connectivity index (χ3v) is 3.38. The number of aromatic nitrogens is 2. The first-order valence-corrected chi connectivity index (χ1v) is 5.41. The summed E-state index contributed by atoms with van der Waals surface area (Å²) in [5, 5.41) is 3.59. The molecular weight excluding hydrogens is 176 g/mol. The van der Waals surface area contributed by atoms with Crippen molar-refractivity contribution in [2.45, 2.75) is 18.9 Å². The maximum Gasteiger partial charge on any atom is 0.202 e. The topological polar surface area (TPSA) is 44.0 Å². The summed E-state index contributed by atoms with van der Waals surface area (Å²) in [4.78, 5) is 9.83. The Hall–Kier alpha value is -1.03. The Bertz CT molecular complexity index is 281. The fourth-order valence-electron chi connectivity index (χ4n) is 2.65. The summed E-state index contributed by atoms with van der Waals surface area (Å²) in [5.74, 6) is 1.86. The number of hydrogen-bond donors (Lipinski definition) is 2. The summed E-state index contributed by atoms with van der Waals surface area (Å²) >= 11 is 0. The van der Waals surface area contributed by atoms with Crippen molar-refractivity contribution in [3.05, 3.63) is 12.4 Å². The highest BCUT2D eigenvalue weighted by Crippen LogP contribution is 2.26. The van der Waals surface area contributed by atoms with Crippen LogP contribution in [0, 0.1) is 5.92 Å². The van der Waals surface area contributed by atoms with Gasteiger partial charge in [-0.2, -0.15) is 0 Å². The number of hydrogen-bond acceptors (Lipinski definition) is 3. The Balaban J connectivity index is 1.74. The van der Waals surface area contributed by atoms with E-state index in [2.05, 4.69) is 20.2 Å². The quantitative estimate of drug-likeness (QED) is 0.684. The predicted molar refractivity (Wildman–Crippen MR) is 55.3 cm³/mol. The lowest BCUT2D eigenvalue weighted by molar-refractivity contribution is 0.340. The SMILES string of the molecule is c1c[nH]c(N2C[C@@H]3CCCN[C@@H]3C2)n1. The molecular formula is C10H16N4. The summed E-state index contributed by atoms with van der Waals surface area (Å²) in [6, 6.07) is 0.689. The van der Waals surface area contributed by atoms with Crippen LogP contribution < -0.4 is 10.2 Å². The molecule has 4 nitrogen and oxygen atoms in total. The van der Waals surface area contributed by atoms with E-state index >= 15 is 0 Å². The summed E-state index contributed by atoms with van der Waals surface area (Å²) in [7, 11) is 0. The first-order valence-electron chi connectivity index (χ1n) is 5.41. The van der Waals surface area contributed by atoms with E-state index in [9.17, 15) is 0 Å². The van der Waals surface area contributed by atoms with E-state index < -0.39 is 0 Å². The first-order chi connectivity index (χ1) is 6.93. The second kappa shape index (κ2) is 3.28. The normalized spacial score (nSPS) is 31.9. The van der Waals surface area contributed by atoms with Crippen LogP contribution in [0.2, 0.25) is 0 Å². The molecule has 2 aliphatic rings. The average molecular weight is 192 g/mol. The number of imidazole rings is 1. The van der Waals surface area contributed by atoms with Crippen LogP contribution in [0.25, 0.3) is 0 Å². The lowest BCUT2D eigenvalue weighted by Crippen LogP contribution is -2.40. The summed E-state index contributed by atoms with van der Waals surface area (Å²) < 4.78 is 0. The zero-order chi connectivity index (χ0) is 9.38. The highest BCUT2D eigenvalue weighted by molar-refractivity contribution is 5.32. The summed E-state index contributed by atoms with van der Waals surface area (Å²) in [6.07, 6.45) is 6.41. The minimum Gasteiger partial charge on any atom is -0.341 e. The number of rotatable bonds is 1. The van der Waals surface area contributed by atoms with Gasteiger partial charge in [-0.15, -0.1) is 0 Å². The highest BCUT2D eigenvalue weighted by atomic mass is 15.3. The molecule has 0 unspecified atom stereocenters. The van der Waals surface area contributed by atoms with Crippen LogP contribution in [-0.2, 0) is 0 Å². The fourth-order valence-corrected chi connectivity index (χ4v) is 2.65. The molecule has 0 radical (unpaired) electrons. The minimum atomic E-state index is 0.689. The van der Waals surface area contributed by atoms with Crippen LogP contribution in [-0.4, -0.2) is 35.6 Å². The molecule has 76 valence electrons. The number of fused-ring (bicyclic) bond motifs is 1. The number of piperidine rings is 1. The molecule has 1 aromatic heterocycles. The first kappa shape index (κ1) is 8.29. The number of aromatic amines is 1. The van der Waals surface area contributed by atoms with E-state index in [1.165, 1.54) is 19.4 Å². The second-order valence-electron chi connectivity index (χ2n) is 4.28. The Morgan fingerprint density at radius 2 is 2.43 bits per heavy atom. The van der Waals surface area contributed by atoms with Crippen molar-refractivity contribution in [2.75, 3.05) is 24.5 Å². The molecule has 0 amide bonds. The Morgan fingerprint density at radius 3 is 3.21 bits per heavy atom. The molecule has 14 heavy (non-hydrogen) atoms. The largest absolute Gasteiger partial charge is 0.341 e. The molecule has 3 heterocycles. The van der Waals surface area contributed by atoms with Gasteiger partial charge in [-0.05, 0) is 25.3 Å². The fraction of sp³-hybridized carbons (Fsp3) is 0.700. The van der Waals surface area contributed by atoms with Crippen molar-refractivity contribution in [1.29, 1.82) is 0 Å². The molecule has 0 spiro atoms. The lowest BCUT2D eigenvalue weighted by atomic mass is 9.94. The number of nitrogens with zero attached hydrogens (tertiary/aromatic N) is 2. The molecule has 0 bridgehead atoms. The van der Waals surface area contributed by atoms with Crippen LogP contribution in [0.1, 0.15) is 12.8 Å². The minimum absolute atomic E-state index is 0.689. The van der Waals surface area contributed by atoms with Crippen molar-refractivity contribution in [1.82, 2.24) is 15.3 Å². The molecule has 0 aromatic carbocycles. The molecule has 2 fully saturated rings. The van der Waals surface area contributed by atoms with E-state index in [0.29, 0.717) is 6.04 Å². The number of H-pyrrole nitrogens is 1. The predicted octanol–water partition coefficient (Wildman–Crippen LogP) is 0.598. The highest BCUT2D eigenvalue weighted by Gasteiger charge is 2.34. The lowest BCUT2D eigenvalue weighted by Gasteiger charge is -2.24. The van der Waals surface area contributed by atoms with Crippen LogP contribution in [0.15, 0.2) is 12.4 Å². The third kappa shape index (κ3) is 1.30. The van der Waals surface area contributed by atoms with Gasteiger partial charge < -0.3 is 15.2 Å².